The highest BCUT2D eigenvalue weighted by atomic mass is 32.2. The molecule has 0 aromatic carbocycles. The van der Waals surface area contributed by atoms with Crippen molar-refractivity contribution in [3.8, 4) is 0 Å². The molecule has 2 rings (SSSR count). The van der Waals surface area contributed by atoms with Crippen LogP contribution in [0.5, 0.6) is 0 Å². The summed E-state index contributed by atoms with van der Waals surface area (Å²) < 4.78 is 0. The smallest absolute Gasteiger partial charge is 0.327 e. The Morgan fingerprint density at radius 2 is 2.05 bits per heavy atom. The molecule has 0 aliphatic carbocycles. The van der Waals surface area contributed by atoms with Gasteiger partial charge in [-0.15, -0.1) is 11.8 Å². The molecule has 6 heteroatoms. The largest absolute Gasteiger partial charge is 0.480 e. The van der Waals surface area contributed by atoms with Crippen LogP contribution in [0.2, 0.25) is 0 Å². The summed E-state index contributed by atoms with van der Waals surface area (Å²) in [6.07, 6.45) is 2.98. The van der Waals surface area contributed by atoms with Gasteiger partial charge in [0.2, 0.25) is 0 Å². The normalized spacial score (nSPS) is 26.8. The van der Waals surface area contributed by atoms with Crippen molar-refractivity contribution >= 4 is 23.8 Å². The molecule has 2 aliphatic heterocycles. The Balaban J connectivity index is 2.08. The van der Waals surface area contributed by atoms with Crippen molar-refractivity contribution in [2.45, 2.75) is 45.5 Å². The minimum absolute atomic E-state index is 0.0772. The van der Waals surface area contributed by atoms with Crippen LogP contribution in [0.4, 0.5) is 4.79 Å². The van der Waals surface area contributed by atoms with E-state index in [2.05, 4.69) is 26.8 Å². The van der Waals surface area contributed by atoms with E-state index in [0.717, 1.165) is 6.42 Å². The first kappa shape index (κ1) is 16.2. The lowest BCUT2D eigenvalue weighted by Crippen LogP contribution is -2.52. The predicted molar refractivity (Wildman–Crippen MR) is 84.3 cm³/mol. The molecule has 2 atom stereocenters. The Labute approximate surface area is 130 Å². The van der Waals surface area contributed by atoms with Crippen LogP contribution in [-0.2, 0) is 4.79 Å². The molecular formula is C15H24N2O3S. The van der Waals surface area contributed by atoms with Crippen LogP contribution < -0.4 is 0 Å². The molecular weight excluding hydrogens is 288 g/mol. The van der Waals surface area contributed by atoms with Gasteiger partial charge in [0.15, 0.2) is 0 Å². The fraction of sp³-hybridized carbons (Fsp3) is 0.733. The number of thioether (sulfide) groups is 1. The Kier molecular flexibility index (Phi) is 4.56. The average Bonchev–Trinajstić information content (AvgIpc) is 2.79. The van der Waals surface area contributed by atoms with Crippen molar-refractivity contribution in [3.05, 3.63) is 11.6 Å². The molecule has 118 valence electrons. The minimum atomic E-state index is -0.914. The lowest BCUT2D eigenvalue weighted by molar-refractivity contribution is -0.141. The number of rotatable bonds is 1. The molecule has 0 bridgehead atoms. The summed E-state index contributed by atoms with van der Waals surface area (Å²) in [6.45, 7) is 9.67. The monoisotopic (exact) mass is 312 g/mol. The molecule has 1 fully saturated rings. The van der Waals surface area contributed by atoms with Gasteiger partial charge in [0.05, 0.1) is 5.37 Å². The lowest BCUT2D eigenvalue weighted by Gasteiger charge is -2.36. The summed E-state index contributed by atoms with van der Waals surface area (Å²) in [7, 11) is 0. The molecule has 0 radical (unpaired) electrons. The maximum Gasteiger partial charge on any atom is 0.327 e. The zero-order valence-corrected chi connectivity index (χ0v) is 13.9. The summed E-state index contributed by atoms with van der Waals surface area (Å²) >= 11 is 1.52. The second kappa shape index (κ2) is 5.91. The highest BCUT2D eigenvalue weighted by Crippen LogP contribution is 2.33. The van der Waals surface area contributed by atoms with Gasteiger partial charge in [-0.1, -0.05) is 32.4 Å². The van der Waals surface area contributed by atoms with E-state index < -0.39 is 12.0 Å². The van der Waals surface area contributed by atoms with Crippen molar-refractivity contribution in [1.82, 2.24) is 9.80 Å². The predicted octanol–water partition coefficient (Wildman–Crippen LogP) is 2.63. The average molecular weight is 312 g/mol. The molecule has 1 saturated heterocycles. The van der Waals surface area contributed by atoms with Crippen LogP contribution in [0.15, 0.2) is 11.6 Å². The minimum Gasteiger partial charge on any atom is -0.480 e. The van der Waals surface area contributed by atoms with E-state index in [-0.39, 0.29) is 16.8 Å². The van der Waals surface area contributed by atoms with Gasteiger partial charge in [-0.3, -0.25) is 4.90 Å². The van der Waals surface area contributed by atoms with Crippen molar-refractivity contribution < 1.29 is 14.7 Å². The maximum atomic E-state index is 12.6. The van der Waals surface area contributed by atoms with Crippen molar-refractivity contribution in [3.63, 3.8) is 0 Å². The van der Waals surface area contributed by atoms with Gasteiger partial charge >= 0.3 is 12.0 Å². The maximum absolute atomic E-state index is 12.6. The SMILES string of the molecule is CC1SCC(C(=O)O)N1C(=O)N1CC=C(C(C)(C)C)CC1. The van der Waals surface area contributed by atoms with Crippen LogP contribution in [0.25, 0.3) is 0 Å². The number of urea groups is 1. The number of nitrogens with zero attached hydrogens (tertiary/aromatic N) is 2. The van der Waals surface area contributed by atoms with Gasteiger partial charge in [0.1, 0.15) is 6.04 Å². The topological polar surface area (TPSA) is 60.9 Å². The van der Waals surface area contributed by atoms with Crippen LogP contribution in [0.1, 0.15) is 34.1 Å². The molecule has 2 amide bonds. The van der Waals surface area contributed by atoms with E-state index in [9.17, 15) is 14.7 Å². The van der Waals surface area contributed by atoms with Crippen LogP contribution >= 0.6 is 11.8 Å². The lowest BCUT2D eigenvalue weighted by atomic mass is 9.83. The summed E-state index contributed by atoms with van der Waals surface area (Å²) in [5, 5.41) is 9.18. The van der Waals surface area contributed by atoms with E-state index in [1.165, 1.54) is 22.2 Å². The molecule has 21 heavy (non-hydrogen) atoms. The van der Waals surface area contributed by atoms with Gasteiger partial charge in [-0.2, -0.15) is 0 Å². The number of carboxylic acids is 1. The Morgan fingerprint density at radius 3 is 2.52 bits per heavy atom. The van der Waals surface area contributed by atoms with Crippen LogP contribution in [-0.4, -0.2) is 57.2 Å². The van der Waals surface area contributed by atoms with Gasteiger partial charge in [0, 0.05) is 18.8 Å². The number of amides is 2. The van der Waals surface area contributed by atoms with Gasteiger partial charge in [-0.05, 0) is 18.8 Å². The van der Waals surface area contributed by atoms with E-state index >= 15 is 0 Å². The zero-order valence-electron chi connectivity index (χ0n) is 13.1. The fourth-order valence-electron chi connectivity index (χ4n) is 2.81. The van der Waals surface area contributed by atoms with E-state index in [1.807, 2.05) is 6.92 Å². The molecule has 0 aromatic heterocycles. The third-order valence-corrected chi connectivity index (χ3v) is 5.39. The molecule has 2 aliphatic rings. The van der Waals surface area contributed by atoms with E-state index in [1.54, 1.807) is 4.90 Å². The van der Waals surface area contributed by atoms with Gasteiger partial charge in [-0.25, -0.2) is 9.59 Å². The van der Waals surface area contributed by atoms with Crippen molar-refractivity contribution in [2.24, 2.45) is 5.41 Å². The summed E-state index contributed by atoms with van der Waals surface area (Å²) in [4.78, 5) is 27.2. The first-order chi connectivity index (χ1) is 9.71. The summed E-state index contributed by atoms with van der Waals surface area (Å²) in [5.41, 5.74) is 1.50. The Morgan fingerprint density at radius 1 is 1.38 bits per heavy atom. The van der Waals surface area contributed by atoms with Crippen LogP contribution in [0, 0.1) is 5.41 Å². The third-order valence-electron chi connectivity index (χ3n) is 4.17. The third kappa shape index (κ3) is 3.36. The van der Waals surface area contributed by atoms with Gasteiger partial charge in [0.25, 0.3) is 0 Å². The number of carboxylic acid groups (broad SMARTS) is 1. The number of carbonyl (C=O) groups excluding carboxylic acids is 1. The molecule has 0 saturated carbocycles. The fourth-order valence-corrected chi connectivity index (χ4v) is 3.97. The van der Waals surface area contributed by atoms with Gasteiger partial charge < -0.3 is 10.0 Å². The van der Waals surface area contributed by atoms with Crippen LogP contribution in [0.3, 0.4) is 0 Å². The highest BCUT2D eigenvalue weighted by molar-refractivity contribution is 8.00. The van der Waals surface area contributed by atoms with Crippen molar-refractivity contribution in [2.75, 3.05) is 18.8 Å². The highest BCUT2D eigenvalue weighted by Gasteiger charge is 2.41. The number of carbonyl (C=O) groups is 2. The second-order valence-corrected chi connectivity index (χ2v) is 8.00. The number of hydrogen-bond acceptors (Lipinski definition) is 3. The molecule has 0 aromatic rings. The quantitative estimate of drug-likeness (QED) is 0.756. The standard InChI is InChI=1S/C15H24N2O3S/c1-10-17(12(9-21-10)13(18)19)14(20)16-7-5-11(6-8-16)15(2,3)4/h5,10,12H,6-9H2,1-4H3,(H,18,19). The van der Waals surface area contributed by atoms with E-state index in [4.69, 9.17) is 0 Å². The second-order valence-electron chi connectivity index (χ2n) is 6.65. The summed E-state index contributed by atoms with van der Waals surface area (Å²) in [6, 6.07) is -0.852. The first-order valence-corrected chi connectivity index (χ1v) is 8.38. The Hall–Kier alpha value is -1.17. The van der Waals surface area contributed by atoms with Crippen molar-refractivity contribution in [1.29, 1.82) is 0 Å². The Bertz CT molecular complexity index is 470. The molecule has 2 unspecified atom stereocenters. The molecule has 5 nitrogen and oxygen atoms in total. The molecule has 0 spiro atoms. The zero-order chi connectivity index (χ0) is 15.8. The van der Waals surface area contributed by atoms with E-state index in [0.29, 0.717) is 18.8 Å². The number of aliphatic carboxylic acids is 1. The molecule has 1 N–H and O–H groups in total. The first-order valence-electron chi connectivity index (χ1n) is 7.33. The molecule has 2 heterocycles. The number of hydrogen-bond donors (Lipinski definition) is 1. The summed E-state index contributed by atoms with van der Waals surface area (Å²) in [5.74, 6) is -0.442.